The molecule has 0 radical (unpaired) electrons. The Labute approximate surface area is 137 Å². The van der Waals surface area contributed by atoms with Crippen LogP contribution in [-0.2, 0) is 6.54 Å². The summed E-state index contributed by atoms with van der Waals surface area (Å²) in [6.45, 7) is 5.03. The third kappa shape index (κ3) is 3.02. The van der Waals surface area contributed by atoms with Gasteiger partial charge in [-0.05, 0) is 49.7 Å². The predicted molar refractivity (Wildman–Crippen MR) is 90.6 cm³/mol. The first-order valence-corrected chi connectivity index (χ1v) is 8.96. The summed E-state index contributed by atoms with van der Waals surface area (Å²) in [7, 11) is 0. The Morgan fingerprint density at radius 1 is 1.26 bits per heavy atom. The molecule has 4 nitrogen and oxygen atoms in total. The molecule has 1 heterocycles. The molecule has 124 valence electrons. The smallest absolute Gasteiger partial charge is 0.198 e. The van der Waals surface area contributed by atoms with Crippen molar-refractivity contribution < 1.29 is 9.52 Å². The van der Waals surface area contributed by atoms with Crippen LogP contribution in [-0.4, -0.2) is 22.2 Å². The average molecular weight is 314 g/mol. The zero-order valence-electron chi connectivity index (χ0n) is 14.0. The van der Waals surface area contributed by atoms with Crippen LogP contribution in [0.1, 0.15) is 74.8 Å². The molecule has 1 aromatic heterocycles. The molecular weight excluding hydrogens is 288 g/mol. The van der Waals surface area contributed by atoms with Crippen LogP contribution in [0.5, 0.6) is 0 Å². The normalized spacial score (nSPS) is 24.9. The van der Waals surface area contributed by atoms with Crippen LogP contribution in [0.2, 0.25) is 0 Å². The maximum absolute atomic E-state index is 9.97. The van der Waals surface area contributed by atoms with Gasteiger partial charge in [-0.15, -0.1) is 0 Å². The van der Waals surface area contributed by atoms with E-state index in [0.29, 0.717) is 11.8 Å². The molecule has 4 rings (SSSR count). The summed E-state index contributed by atoms with van der Waals surface area (Å²) in [5, 5.41) is 13.5. The summed E-state index contributed by atoms with van der Waals surface area (Å²) in [5.74, 6) is 1.78. The highest BCUT2D eigenvalue weighted by atomic mass is 16.3. The van der Waals surface area contributed by atoms with E-state index in [2.05, 4.69) is 31.3 Å². The number of aromatic nitrogens is 1. The number of rotatable bonds is 5. The molecule has 2 aliphatic carbocycles. The Kier molecular flexibility index (Phi) is 3.90. The fraction of sp³-hybridized carbons (Fsp3) is 0.632. The van der Waals surface area contributed by atoms with Gasteiger partial charge in [0, 0.05) is 24.1 Å². The second-order valence-corrected chi connectivity index (χ2v) is 7.50. The van der Waals surface area contributed by atoms with E-state index in [1.165, 1.54) is 24.0 Å². The van der Waals surface area contributed by atoms with Gasteiger partial charge in [-0.3, -0.25) is 0 Å². The molecule has 0 saturated heterocycles. The van der Waals surface area contributed by atoms with Crippen molar-refractivity contribution in [1.82, 2.24) is 10.3 Å². The number of aliphatic hydroxyl groups excluding tert-OH is 1. The average Bonchev–Trinajstić information content (AvgIpc) is 3.14. The quantitative estimate of drug-likeness (QED) is 0.880. The van der Waals surface area contributed by atoms with Crippen molar-refractivity contribution in [3.8, 4) is 0 Å². The number of hydrogen-bond acceptors (Lipinski definition) is 4. The summed E-state index contributed by atoms with van der Waals surface area (Å²) in [6.07, 6.45) is 5.43. The van der Waals surface area contributed by atoms with Gasteiger partial charge in [0.2, 0.25) is 0 Å². The summed E-state index contributed by atoms with van der Waals surface area (Å²) in [6, 6.07) is 4.66. The van der Waals surface area contributed by atoms with Gasteiger partial charge in [-0.25, -0.2) is 4.98 Å². The van der Waals surface area contributed by atoms with Crippen LogP contribution in [0.4, 0.5) is 0 Å². The lowest BCUT2D eigenvalue weighted by molar-refractivity contribution is 0.148. The van der Waals surface area contributed by atoms with Crippen molar-refractivity contribution in [2.45, 2.75) is 76.5 Å². The van der Waals surface area contributed by atoms with Crippen LogP contribution < -0.4 is 5.32 Å². The second-order valence-electron chi connectivity index (χ2n) is 7.50. The minimum Gasteiger partial charge on any atom is -0.440 e. The standard InChI is InChI=1S/C19H26N2O2/c1-11(2)19-21-16-9-12(10-20-15-4-3-5-17(15)22)8-14(13-6-7-13)18(16)23-19/h8-9,11,13,15,17,20,22H,3-7,10H2,1-2H3/t15-,17-/m0/s1. The minimum absolute atomic E-state index is 0.193. The van der Waals surface area contributed by atoms with Gasteiger partial charge in [0.05, 0.1) is 6.10 Å². The first-order chi connectivity index (χ1) is 11.1. The summed E-state index contributed by atoms with van der Waals surface area (Å²) < 4.78 is 6.04. The van der Waals surface area contributed by atoms with Crippen molar-refractivity contribution in [2.24, 2.45) is 0 Å². The van der Waals surface area contributed by atoms with Gasteiger partial charge in [0.1, 0.15) is 5.52 Å². The fourth-order valence-electron chi connectivity index (χ4n) is 3.61. The summed E-state index contributed by atoms with van der Waals surface area (Å²) in [4.78, 5) is 4.69. The van der Waals surface area contributed by atoms with E-state index in [9.17, 15) is 5.11 Å². The Morgan fingerprint density at radius 3 is 2.74 bits per heavy atom. The minimum atomic E-state index is -0.193. The highest BCUT2D eigenvalue weighted by molar-refractivity contribution is 5.78. The zero-order chi connectivity index (χ0) is 16.0. The molecule has 0 bridgehead atoms. The highest BCUT2D eigenvalue weighted by Crippen LogP contribution is 2.44. The maximum Gasteiger partial charge on any atom is 0.198 e. The number of hydrogen-bond donors (Lipinski definition) is 2. The topological polar surface area (TPSA) is 58.3 Å². The number of benzene rings is 1. The number of nitrogens with zero attached hydrogens (tertiary/aromatic N) is 1. The van der Waals surface area contributed by atoms with Gasteiger partial charge in [0.25, 0.3) is 0 Å². The van der Waals surface area contributed by atoms with Gasteiger partial charge < -0.3 is 14.8 Å². The molecule has 4 heteroatoms. The molecule has 0 amide bonds. The van der Waals surface area contributed by atoms with E-state index in [1.807, 2.05) is 0 Å². The summed E-state index contributed by atoms with van der Waals surface area (Å²) in [5.41, 5.74) is 4.55. The fourth-order valence-corrected chi connectivity index (χ4v) is 3.61. The van der Waals surface area contributed by atoms with Crippen molar-refractivity contribution in [1.29, 1.82) is 0 Å². The molecule has 23 heavy (non-hydrogen) atoms. The van der Waals surface area contributed by atoms with E-state index in [-0.39, 0.29) is 12.1 Å². The van der Waals surface area contributed by atoms with Crippen LogP contribution in [0.3, 0.4) is 0 Å². The largest absolute Gasteiger partial charge is 0.440 e. The van der Waals surface area contributed by atoms with Crippen molar-refractivity contribution in [2.75, 3.05) is 0 Å². The van der Waals surface area contributed by atoms with E-state index < -0.39 is 0 Å². The Bertz CT molecular complexity index is 703. The zero-order valence-corrected chi connectivity index (χ0v) is 14.0. The predicted octanol–water partition coefficient (Wildman–Crippen LogP) is 3.83. The molecule has 1 aromatic carbocycles. The van der Waals surface area contributed by atoms with Crippen LogP contribution >= 0.6 is 0 Å². The van der Waals surface area contributed by atoms with Gasteiger partial charge in [0.15, 0.2) is 11.5 Å². The Balaban J connectivity index is 1.61. The molecule has 2 N–H and O–H groups in total. The Morgan fingerprint density at radius 2 is 2.09 bits per heavy atom. The van der Waals surface area contributed by atoms with Crippen LogP contribution in [0, 0.1) is 0 Å². The lowest BCUT2D eigenvalue weighted by Gasteiger charge is -2.16. The monoisotopic (exact) mass is 314 g/mol. The van der Waals surface area contributed by atoms with Crippen molar-refractivity contribution in [3.63, 3.8) is 0 Å². The maximum atomic E-state index is 9.97. The number of aliphatic hydroxyl groups is 1. The highest BCUT2D eigenvalue weighted by Gasteiger charge is 2.29. The molecule has 2 aromatic rings. The molecule has 0 unspecified atom stereocenters. The lowest BCUT2D eigenvalue weighted by Crippen LogP contribution is -2.35. The van der Waals surface area contributed by atoms with Gasteiger partial charge in [-0.2, -0.15) is 0 Å². The van der Waals surface area contributed by atoms with E-state index in [4.69, 9.17) is 9.40 Å². The molecular formula is C19H26N2O2. The van der Waals surface area contributed by atoms with Crippen molar-refractivity contribution >= 4 is 11.1 Å². The first-order valence-electron chi connectivity index (χ1n) is 8.96. The Hall–Kier alpha value is -1.39. The third-order valence-corrected chi connectivity index (χ3v) is 5.15. The third-order valence-electron chi connectivity index (χ3n) is 5.15. The van der Waals surface area contributed by atoms with Crippen LogP contribution in [0.25, 0.3) is 11.1 Å². The number of oxazole rings is 1. The second kappa shape index (κ2) is 5.91. The first kappa shape index (κ1) is 15.2. The molecule has 0 aliphatic heterocycles. The molecule has 2 fully saturated rings. The SMILES string of the molecule is CC(C)c1nc2cc(CN[C@H]3CCC[C@@H]3O)cc(C3CC3)c2o1. The molecule has 0 spiro atoms. The van der Waals surface area contributed by atoms with Gasteiger partial charge >= 0.3 is 0 Å². The van der Waals surface area contributed by atoms with E-state index >= 15 is 0 Å². The number of fused-ring (bicyclic) bond motifs is 1. The molecule has 2 atom stereocenters. The van der Waals surface area contributed by atoms with Crippen LogP contribution in [0.15, 0.2) is 16.5 Å². The van der Waals surface area contributed by atoms with Crippen molar-refractivity contribution in [3.05, 3.63) is 29.2 Å². The van der Waals surface area contributed by atoms with Gasteiger partial charge in [-0.1, -0.05) is 19.9 Å². The van der Waals surface area contributed by atoms with E-state index in [1.54, 1.807) is 0 Å². The molecule has 2 aliphatic rings. The summed E-state index contributed by atoms with van der Waals surface area (Å²) >= 11 is 0. The number of nitrogens with one attached hydrogen (secondary N) is 1. The van der Waals surface area contributed by atoms with E-state index in [0.717, 1.165) is 42.8 Å². The lowest BCUT2D eigenvalue weighted by atomic mass is 10.0. The molecule has 2 saturated carbocycles.